The highest BCUT2D eigenvalue weighted by Crippen LogP contribution is 2.38. The summed E-state index contributed by atoms with van der Waals surface area (Å²) in [5.74, 6) is 2.61. The molecule has 5 heterocycles. The summed E-state index contributed by atoms with van der Waals surface area (Å²) in [6.45, 7) is 4.67. The van der Waals surface area contributed by atoms with Crippen LogP contribution in [0.2, 0.25) is 5.02 Å². The van der Waals surface area contributed by atoms with Gasteiger partial charge in [-0.3, -0.25) is 10.3 Å². The summed E-state index contributed by atoms with van der Waals surface area (Å²) in [6, 6.07) is 2.15. The van der Waals surface area contributed by atoms with Gasteiger partial charge in [0.2, 0.25) is 5.95 Å². The molecule has 2 aliphatic carbocycles. The van der Waals surface area contributed by atoms with Crippen molar-refractivity contribution in [3.05, 3.63) is 29.3 Å². The Morgan fingerprint density at radius 1 is 1.07 bits per heavy atom. The SMILES string of the molecule is CC1CCC(Cn2c(N3CCOC4CCCCC43)nc3nc(C4NOC(=O)N4)nc(-c4cncc(Cl)c4)c32)CC1. The van der Waals surface area contributed by atoms with E-state index in [9.17, 15) is 4.79 Å². The van der Waals surface area contributed by atoms with Crippen molar-refractivity contribution in [3.63, 3.8) is 0 Å². The maximum absolute atomic E-state index is 11.8. The minimum absolute atomic E-state index is 0.222. The fraction of sp³-hybridized carbons (Fsp3) is 0.607. The van der Waals surface area contributed by atoms with Crippen molar-refractivity contribution in [2.45, 2.75) is 83.1 Å². The first-order chi connectivity index (χ1) is 19.5. The van der Waals surface area contributed by atoms with E-state index in [4.69, 9.17) is 36.1 Å². The molecule has 7 rings (SSSR count). The number of pyridine rings is 1. The number of hydrogen-bond acceptors (Lipinski definition) is 9. The topological polar surface area (TPSA) is 119 Å². The van der Waals surface area contributed by atoms with Crippen molar-refractivity contribution in [1.29, 1.82) is 0 Å². The lowest BCUT2D eigenvalue weighted by Gasteiger charge is -2.44. The normalized spacial score (nSPS) is 28.8. The summed E-state index contributed by atoms with van der Waals surface area (Å²) in [5, 5.41) is 3.24. The molecule has 212 valence electrons. The quantitative estimate of drug-likeness (QED) is 0.450. The summed E-state index contributed by atoms with van der Waals surface area (Å²) in [4.78, 5) is 38.6. The standard InChI is InChI=1S/C28H35ClN8O3/c1-16-6-8-17(9-7-16)15-37-23-22(18-12-19(29)14-30-13-18)31-25(26-34-28(38)40-35-26)32-24(23)33-27(37)36-10-11-39-21-5-3-2-4-20(21)36/h12-14,16-17,20-21,26,35H,2-11,15H2,1H3,(H,34,38). The number of halogens is 1. The number of hydrogen-bond donors (Lipinski definition) is 2. The van der Waals surface area contributed by atoms with Crippen molar-refractivity contribution in [3.8, 4) is 11.3 Å². The molecule has 0 spiro atoms. The van der Waals surface area contributed by atoms with Gasteiger partial charge in [0, 0.05) is 31.0 Å². The minimum Gasteiger partial charge on any atom is -0.374 e. The molecule has 0 aromatic carbocycles. The number of ether oxygens (including phenoxy) is 1. The van der Waals surface area contributed by atoms with Crippen molar-refractivity contribution in [2.75, 3.05) is 18.1 Å². The number of fused-ring (bicyclic) bond motifs is 2. The van der Waals surface area contributed by atoms with Crippen LogP contribution in [0.25, 0.3) is 22.4 Å². The van der Waals surface area contributed by atoms with Crippen molar-refractivity contribution in [2.24, 2.45) is 11.8 Å². The molecule has 11 nitrogen and oxygen atoms in total. The Kier molecular flexibility index (Phi) is 6.97. The van der Waals surface area contributed by atoms with E-state index in [1.54, 1.807) is 12.4 Å². The zero-order valence-electron chi connectivity index (χ0n) is 22.7. The third-order valence-corrected chi connectivity index (χ3v) is 9.14. The highest BCUT2D eigenvalue weighted by atomic mass is 35.5. The van der Waals surface area contributed by atoms with E-state index in [0.717, 1.165) is 48.9 Å². The molecule has 3 atom stereocenters. The van der Waals surface area contributed by atoms with Gasteiger partial charge in [-0.05, 0) is 43.6 Å². The molecule has 3 aromatic rings. The number of nitrogens with one attached hydrogen (secondary N) is 2. The van der Waals surface area contributed by atoms with Gasteiger partial charge in [0.25, 0.3) is 0 Å². The van der Waals surface area contributed by atoms with E-state index in [-0.39, 0.29) is 12.1 Å². The van der Waals surface area contributed by atoms with Gasteiger partial charge < -0.3 is 19.0 Å². The van der Waals surface area contributed by atoms with Crippen LogP contribution >= 0.6 is 11.6 Å². The summed E-state index contributed by atoms with van der Waals surface area (Å²) < 4.78 is 8.57. The number of imidazole rings is 1. The molecule has 1 amide bonds. The lowest BCUT2D eigenvalue weighted by molar-refractivity contribution is -0.00958. The molecule has 3 aromatic heterocycles. The third kappa shape index (κ3) is 4.88. The van der Waals surface area contributed by atoms with Gasteiger partial charge in [0.05, 0.1) is 23.8 Å². The highest BCUT2D eigenvalue weighted by molar-refractivity contribution is 6.30. The smallest absolute Gasteiger partial charge is 0.374 e. The van der Waals surface area contributed by atoms with E-state index in [1.165, 1.54) is 38.5 Å². The number of morpholine rings is 1. The predicted octanol–water partition coefficient (Wildman–Crippen LogP) is 4.76. The van der Waals surface area contributed by atoms with Crippen LogP contribution in [-0.4, -0.2) is 55.9 Å². The van der Waals surface area contributed by atoms with Gasteiger partial charge in [0.15, 0.2) is 17.6 Å². The lowest BCUT2D eigenvalue weighted by atomic mass is 9.83. The van der Waals surface area contributed by atoms with Crippen LogP contribution in [0.3, 0.4) is 0 Å². The predicted molar refractivity (Wildman–Crippen MR) is 150 cm³/mol. The molecule has 2 saturated carbocycles. The van der Waals surface area contributed by atoms with E-state index in [1.807, 2.05) is 6.07 Å². The summed E-state index contributed by atoms with van der Waals surface area (Å²) in [5.41, 5.74) is 5.59. The number of aromatic nitrogens is 5. The molecule has 4 aliphatic rings. The average molecular weight is 567 g/mol. The van der Waals surface area contributed by atoms with E-state index in [2.05, 4.69) is 32.2 Å². The van der Waals surface area contributed by atoms with Gasteiger partial charge >= 0.3 is 6.09 Å². The molecule has 3 unspecified atom stereocenters. The van der Waals surface area contributed by atoms with Gasteiger partial charge in [-0.15, -0.1) is 5.48 Å². The Morgan fingerprint density at radius 3 is 2.73 bits per heavy atom. The molecule has 2 aliphatic heterocycles. The summed E-state index contributed by atoms with van der Waals surface area (Å²) in [6.07, 6.45) is 11.8. The second-order valence-corrected chi connectivity index (χ2v) is 12.1. The van der Waals surface area contributed by atoms with E-state index >= 15 is 0 Å². The molecule has 4 fully saturated rings. The largest absolute Gasteiger partial charge is 0.427 e. The summed E-state index contributed by atoms with van der Waals surface area (Å²) >= 11 is 6.40. The van der Waals surface area contributed by atoms with Gasteiger partial charge in [-0.2, -0.15) is 4.98 Å². The van der Waals surface area contributed by atoms with Crippen molar-refractivity contribution < 1.29 is 14.4 Å². The zero-order valence-corrected chi connectivity index (χ0v) is 23.4. The van der Waals surface area contributed by atoms with E-state index < -0.39 is 12.3 Å². The first-order valence-corrected chi connectivity index (χ1v) is 14.9. The lowest BCUT2D eigenvalue weighted by Crippen LogP contribution is -2.53. The number of carbonyl (C=O) groups is 1. The number of carbonyl (C=O) groups excluding carboxylic acids is 1. The fourth-order valence-corrected chi connectivity index (χ4v) is 7.00. The zero-order chi connectivity index (χ0) is 27.2. The average Bonchev–Trinajstić information content (AvgIpc) is 3.57. The molecule has 12 heteroatoms. The number of anilines is 1. The fourth-order valence-electron chi connectivity index (χ4n) is 6.83. The van der Waals surface area contributed by atoms with Crippen LogP contribution in [-0.2, 0) is 16.1 Å². The number of amides is 1. The third-order valence-electron chi connectivity index (χ3n) is 8.93. The Morgan fingerprint density at radius 2 is 1.93 bits per heavy atom. The summed E-state index contributed by atoms with van der Waals surface area (Å²) in [7, 11) is 0. The van der Waals surface area contributed by atoms with Gasteiger partial charge in [-0.25, -0.2) is 14.8 Å². The molecular weight excluding hydrogens is 532 g/mol. The number of hydroxylamine groups is 1. The highest BCUT2D eigenvalue weighted by Gasteiger charge is 2.38. The van der Waals surface area contributed by atoms with Crippen LogP contribution in [0.4, 0.5) is 10.7 Å². The number of nitrogens with zero attached hydrogens (tertiary/aromatic N) is 6. The van der Waals surface area contributed by atoms with Crippen LogP contribution in [0.15, 0.2) is 18.5 Å². The first-order valence-electron chi connectivity index (χ1n) is 14.5. The van der Waals surface area contributed by atoms with Crippen LogP contribution in [0.1, 0.15) is 70.3 Å². The van der Waals surface area contributed by atoms with E-state index in [0.29, 0.717) is 34.7 Å². The van der Waals surface area contributed by atoms with Gasteiger partial charge in [0.1, 0.15) is 11.2 Å². The maximum atomic E-state index is 11.8. The minimum atomic E-state index is -0.692. The van der Waals surface area contributed by atoms with Crippen LogP contribution in [0.5, 0.6) is 0 Å². The maximum Gasteiger partial charge on any atom is 0.427 e. The van der Waals surface area contributed by atoms with Crippen LogP contribution in [0, 0.1) is 11.8 Å². The van der Waals surface area contributed by atoms with Gasteiger partial charge in [-0.1, -0.05) is 44.2 Å². The molecule has 2 saturated heterocycles. The first kappa shape index (κ1) is 25.9. The molecule has 40 heavy (non-hydrogen) atoms. The Hall–Kier alpha value is -3.02. The van der Waals surface area contributed by atoms with Crippen molar-refractivity contribution >= 4 is 34.8 Å². The second-order valence-electron chi connectivity index (χ2n) is 11.7. The van der Waals surface area contributed by atoms with Crippen molar-refractivity contribution in [1.82, 2.24) is 35.3 Å². The van der Waals surface area contributed by atoms with Crippen LogP contribution < -0.4 is 15.7 Å². The monoisotopic (exact) mass is 566 g/mol. The molecule has 0 radical (unpaired) electrons. The Labute approximate surface area is 238 Å². The number of rotatable bonds is 5. The molecular formula is C28H35ClN8O3. The Bertz CT molecular complexity index is 1410. The molecule has 2 N–H and O–H groups in total. The Balaban J connectivity index is 1.41. The molecule has 0 bridgehead atoms. The second kappa shape index (κ2) is 10.8.